The third-order valence-electron chi connectivity index (χ3n) is 8.50. The molecule has 0 aliphatic carbocycles. The molecule has 2 aliphatic heterocycles. The highest BCUT2D eigenvalue weighted by molar-refractivity contribution is 5.85. The lowest BCUT2D eigenvalue weighted by molar-refractivity contribution is -0.147. The summed E-state index contributed by atoms with van der Waals surface area (Å²) in [5, 5.41) is 0. The van der Waals surface area contributed by atoms with Crippen LogP contribution in [0.4, 0.5) is 10.5 Å². The van der Waals surface area contributed by atoms with Crippen LogP contribution in [0.3, 0.4) is 0 Å². The molecule has 0 bridgehead atoms. The molecule has 0 saturated carbocycles. The highest BCUT2D eigenvalue weighted by atomic mass is 16.6. The van der Waals surface area contributed by atoms with E-state index in [9.17, 15) is 14.4 Å². The molecular formula is C36H52N4O5. The number of hydrogen-bond acceptors (Lipinski definition) is 6. The molecule has 0 N–H and O–H groups in total. The molecule has 4 rings (SSSR count). The summed E-state index contributed by atoms with van der Waals surface area (Å²) in [6.07, 6.45) is 1.44. The number of carbonyl (C=O) groups excluding carboxylic acids is 3. The third-order valence-corrected chi connectivity index (χ3v) is 8.50. The topological polar surface area (TPSA) is 82.6 Å². The second kappa shape index (κ2) is 14.1. The molecule has 2 fully saturated rings. The number of ether oxygens (including phenoxy) is 2. The van der Waals surface area contributed by atoms with Gasteiger partial charge in [0.05, 0.1) is 5.92 Å². The molecule has 9 heteroatoms. The smallest absolute Gasteiger partial charge is 0.410 e. The molecule has 2 aliphatic rings. The molecule has 2 saturated heterocycles. The summed E-state index contributed by atoms with van der Waals surface area (Å²) in [6.45, 7) is 17.2. The zero-order valence-electron chi connectivity index (χ0n) is 28.5. The van der Waals surface area contributed by atoms with E-state index in [4.69, 9.17) is 9.47 Å². The summed E-state index contributed by atoms with van der Waals surface area (Å²) in [5.41, 5.74) is 1.76. The quantitative estimate of drug-likeness (QED) is 0.364. The van der Waals surface area contributed by atoms with E-state index in [1.807, 2.05) is 57.0 Å². The van der Waals surface area contributed by atoms with Crippen molar-refractivity contribution in [2.45, 2.75) is 85.0 Å². The molecule has 0 aromatic heterocycles. The largest absolute Gasteiger partial charge is 0.478 e. The number of amides is 3. The first-order valence-corrected chi connectivity index (χ1v) is 16.3. The Morgan fingerprint density at radius 1 is 0.911 bits per heavy atom. The minimum absolute atomic E-state index is 0.0828. The number of anilines is 1. The van der Waals surface area contributed by atoms with Crippen LogP contribution in [0.15, 0.2) is 48.5 Å². The van der Waals surface area contributed by atoms with Crippen molar-refractivity contribution in [1.82, 2.24) is 14.7 Å². The van der Waals surface area contributed by atoms with Crippen LogP contribution in [0, 0.1) is 5.92 Å². The van der Waals surface area contributed by atoms with Gasteiger partial charge in [0.25, 0.3) is 5.91 Å². The number of piperazine rings is 1. The first-order chi connectivity index (χ1) is 21.1. The molecule has 3 amide bonds. The number of piperidine rings is 1. The standard InChI is InChI=1S/C36H52N4O5/c1-26(2)28-16-14-27(15-17-28)24-37(8)32(41)29-11-10-18-40(25-29)30-12-9-13-31(23-30)44-36(6,7)33(42)38-19-21-39(22-20-38)34(43)45-35(3,4)5/h9,12-17,23,26,29H,10-11,18-22,24-25H2,1-8H3/t29-/m1/s1. The van der Waals surface area contributed by atoms with Crippen LogP contribution in [0.2, 0.25) is 0 Å². The Morgan fingerprint density at radius 2 is 1.56 bits per heavy atom. The van der Waals surface area contributed by atoms with Gasteiger partial charge in [0.1, 0.15) is 11.4 Å². The summed E-state index contributed by atoms with van der Waals surface area (Å²) in [5.74, 6) is 1.05. The van der Waals surface area contributed by atoms with Gasteiger partial charge in [-0.05, 0) is 76.6 Å². The van der Waals surface area contributed by atoms with Crippen LogP contribution in [-0.2, 0) is 20.9 Å². The van der Waals surface area contributed by atoms with Gasteiger partial charge in [-0.2, -0.15) is 0 Å². The van der Waals surface area contributed by atoms with Gasteiger partial charge in [-0.15, -0.1) is 0 Å². The fourth-order valence-electron chi connectivity index (χ4n) is 5.97. The van der Waals surface area contributed by atoms with Crippen LogP contribution in [0.5, 0.6) is 5.75 Å². The van der Waals surface area contributed by atoms with Crippen LogP contribution in [-0.4, -0.2) is 90.1 Å². The van der Waals surface area contributed by atoms with E-state index in [0.717, 1.165) is 30.6 Å². The van der Waals surface area contributed by atoms with Crippen LogP contribution >= 0.6 is 0 Å². The van der Waals surface area contributed by atoms with E-state index >= 15 is 0 Å². The van der Waals surface area contributed by atoms with Crippen molar-refractivity contribution in [3.05, 3.63) is 59.7 Å². The molecular weight excluding hydrogens is 568 g/mol. The average Bonchev–Trinajstić information content (AvgIpc) is 2.99. The van der Waals surface area contributed by atoms with Crippen molar-refractivity contribution >= 4 is 23.6 Å². The molecule has 2 aromatic carbocycles. The average molecular weight is 621 g/mol. The van der Waals surface area contributed by atoms with Gasteiger partial charge in [0.15, 0.2) is 5.60 Å². The predicted octanol–water partition coefficient (Wildman–Crippen LogP) is 5.92. The van der Waals surface area contributed by atoms with E-state index in [2.05, 4.69) is 43.0 Å². The minimum Gasteiger partial charge on any atom is -0.478 e. The van der Waals surface area contributed by atoms with Gasteiger partial charge in [0.2, 0.25) is 5.91 Å². The number of hydrogen-bond donors (Lipinski definition) is 0. The molecule has 2 aromatic rings. The van der Waals surface area contributed by atoms with Crippen molar-refractivity contribution in [1.29, 1.82) is 0 Å². The molecule has 246 valence electrons. The highest BCUT2D eigenvalue weighted by Gasteiger charge is 2.37. The normalized spacial score (nSPS) is 17.7. The van der Waals surface area contributed by atoms with Gasteiger partial charge in [-0.25, -0.2) is 4.79 Å². The lowest BCUT2D eigenvalue weighted by Crippen LogP contribution is -2.57. The van der Waals surface area contributed by atoms with E-state index < -0.39 is 11.2 Å². The van der Waals surface area contributed by atoms with E-state index in [-0.39, 0.29) is 23.8 Å². The first-order valence-electron chi connectivity index (χ1n) is 16.3. The summed E-state index contributed by atoms with van der Waals surface area (Å²) < 4.78 is 11.8. The maximum atomic E-state index is 13.5. The van der Waals surface area contributed by atoms with E-state index in [1.54, 1.807) is 23.6 Å². The van der Waals surface area contributed by atoms with Crippen LogP contribution in [0.1, 0.15) is 78.4 Å². The molecule has 0 spiro atoms. The summed E-state index contributed by atoms with van der Waals surface area (Å²) in [4.78, 5) is 46.9. The Labute approximate surface area is 269 Å². The van der Waals surface area contributed by atoms with Crippen molar-refractivity contribution < 1.29 is 23.9 Å². The lowest BCUT2D eigenvalue weighted by atomic mass is 9.95. The minimum atomic E-state index is -1.09. The summed E-state index contributed by atoms with van der Waals surface area (Å²) >= 11 is 0. The van der Waals surface area contributed by atoms with Crippen molar-refractivity contribution in [3.8, 4) is 5.75 Å². The molecule has 0 unspecified atom stereocenters. The van der Waals surface area contributed by atoms with E-state index in [1.165, 1.54) is 5.56 Å². The Bertz CT molecular complexity index is 1330. The first kappa shape index (κ1) is 34.1. The monoisotopic (exact) mass is 620 g/mol. The van der Waals surface area contributed by atoms with Gasteiger partial charge < -0.3 is 29.1 Å². The van der Waals surface area contributed by atoms with Gasteiger partial charge >= 0.3 is 6.09 Å². The summed E-state index contributed by atoms with van der Waals surface area (Å²) in [7, 11) is 1.89. The summed E-state index contributed by atoms with van der Waals surface area (Å²) in [6, 6.07) is 16.3. The zero-order chi connectivity index (χ0) is 32.9. The van der Waals surface area contributed by atoms with Crippen LogP contribution < -0.4 is 9.64 Å². The van der Waals surface area contributed by atoms with Crippen LogP contribution in [0.25, 0.3) is 0 Å². The number of nitrogens with zero attached hydrogens (tertiary/aromatic N) is 4. The third kappa shape index (κ3) is 9.14. The number of benzene rings is 2. The van der Waals surface area contributed by atoms with Gasteiger partial charge in [-0.1, -0.05) is 44.2 Å². The van der Waals surface area contributed by atoms with Crippen molar-refractivity contribution in [3.63, 3.8) is 0 Å². The Kier molecular flexibility index (Phi) is 10.7. The zero-order valence-corrected chi connectivity index (χ0v) is 28.5. The molecule has 45 heavy (non-hydrogen) atoms. The van der Waals surface area contributed by atoms with Gasteiger partial charge in [0, 0.05) is 64.6 Å². The number of carbonyl (C=O) groups is 3. The predicted molar refractivity (Wildman–Crippen MR) is 177 cm³/mol. The second-order valence-corrected chi connectivity index (χ2v) is 14.2. The second-order valence-electron chi connectivity index (χ2n) is 14.2. The fourth-order valence-corrected chi connectivity index (χ4v) is 5.97. The molecule has 1 atom stereocenters. The van der Waals surface area contributed by atoms with Crippen molar-refractivity contribution in [2.75, 3.05) is 51.2 Å². The van der Waals surface area contributed by atoms with Crippen molar-refractivity contribution in [2.24, 2.45) is 5.92 Å². The molecule has 2 heterocycles. The molecule has 0 radical (unpaired) electrons. The number of rotatable bonds is 8. The maximum Gasteiger partial charge on any atom is 0.410 e. The molecule has 9 nitrogen and oxygen atoms in total. The fraction of sp³-hybridized carbons (Fsp3) is 0.583. The highest BCUT2D eigenvalue weighted by Crippen LogP contribution is 2.30. The maximum absolute atomic E-state index is 13.5. The SMILES string of the molecule is CC(C)c1ccc(CN(C)C(=O)[C@@H]2CCCN(c3cccc(OC(C)(C)C(=O)N4CCN(C(=O)OC(C)(C)C)CC4)c3)C2)cc1. The lowest BCUT2D eigenvalue weighted by Gasteiger charge is -2.39. The van der Waals surface area contributed by atoms with E-state index in [0.29, 0.717) is 50.9 Å². The Balaban J connectivity index is 1.33. The Hall–Kier alpha value is -3.75. The Morgan fingerprint density at radius 3 is 2.18 bits per heavy atom. The van der Waals surface area contributed by atoms with Gasteiger partial charge in [-0.3, -0.25) is 9.59 Å².